The van der Waals surface area contributed by atoms with Crippen LogP contribution < -0.4 is 0 Å². The molecule has 23 heavy (non-hydrogen) atoms. The molecule has 120 valence electrons. The Morgan fingerprint density at radius 1 is 1.04 bits per heavy atom. The van der Waals surface area contributed by atoms with Gasteiger partial charge in [-0.3, -0.25) is 9.59 Å². The third kappa shape index (κ3) is 3.20. The molecule has 3 rings (SSSR count). The zero-order chi connectivity index (χ0) is 16.4. The fourth-order valence-electron chi connectivity index (χ4n) is 2.38. The van der Waals surface area contributed by atoms with E-state index in [0.29, 0.717) is 31.7 Å². The lowest BCUT2D eigenvalue weighted by Gasteiger charge is -2.33. The van der Waals surface area contributed by atoms with Gasteiger partial charge in [0.15, 0.2) is 0 Å². The number of aromatic nitrogens is 2. The maximum atomic E-state index is 12.9. The van der Waals surface area contributed by atoms with E-state index in [1.807, 2.05) is 0 Å². The zero-order valence-electron chi connectivity index (χ0n) is 12.5. The van der Waals surface area contributed by atoms with Crippen LogP contribution in [0.2, 0.25) is 0 Å². The van der Waals surface area contributed by atoms with Gasteiger partial charge in [0.2, 0.25) is 11.8 Å². The van der Waals surface area contributed by atoms with Gasteiger partial charge < -0.3 is 14.2 Å². The summed E-state index contributed by atoms with van der Waals surface area (Å²) in [6, 6.07) is 5.56. The van der Waals surface area contributed by atoms with Gasteiger partial charge in [-0.2, -0.15) is 0 Å². The molecule has 0 radical (unpaired) electrons. The van der Waals surface area contributed by atoms with E-state index in [2.05, 4.69) is 10.2 Å². The summed E-state index contributed by atoms with van der Waals surface area (Å²) in [5.41, 5.74) is 0.541. The van der Waals surface area contributed by atoms with Gasteiger partial charge in [-0.15, -0.1) is 10.2 Å². The Morgan fingerprint density at radius 2 is 1.65 bits per heavy atom. The van der Waals surface area contributed by atoms with Gasteiger partial charge in [0.1, 0.15) is 5.82 Å². The second-order valence-electron chi connectivity index (χ2n) is 5.22. The number of carbonyl (C=O) groups is 2. The number of carbonyl (C=O) groups excluding carboxylic acids is 2. The van der Waals surface area contributed by atoms with Crippen molar-refractivity contribution in [3.63, 3.8) is 0 Å². The van der Waals surface area contributed by atoms with Gasteiger partial charge >= 0.3 is 11.8 Å². The van der Waals surface area contributed by atoms with E-state index in [9.17, 15) is 14.0 Å². The molecule has 0 saturated carbocycles. The Balaban J connectivity index is 1.69. The first kappa shape index (κ1) is 15.1. The fourth-order valence-corrected chi connectivity index (χ4v) is 2.38. The molecule has 0 atom stereocenters. The first-order valence-electron chi connectivity index (χ1n) is 7.19. The van der Waals surface area contributed by atoms with E-state index < -0.39 is 0 Å². The van der Waals surface area contributed by atoms with Crippen molar-refractivity contribution in [2.45, 2.75) is 6.92 Å². The van der Waals surface area contributed by atoms with Gasteiger partial charge in [-0.1, -0.05) is 0 Å². The topological polar surface area (TPSA) is 79.5 Å². The van der Waals surface area contributed by atoms with Crippen LogP contribution in [0.4, 0.5) is 4.39 Å². The van der Waals surface area contributed by atoms with Crippen LogP contribution >= 0.6 is 0 Å². The largest absolute Gasteiger partial charge is 0.412 e. The highest BCUT2D eigenvalue weighted by Gasteiger charge is 2.27. The first-order chi connectivity index (χ1) is 11.0. The zero-order valence-corrected chi connectivity index (χ0v) is 12.5. The smallest absolute Gasteiger partial charge is 0.311 e. The number of benzene rings is 1. The number of halogens is 1. The highest BCUT2D eigenvalue weighted by molar-refractivity contribution is 5.90. The van der Waals surface area contributed by atoms with Crippen LogP contribution in [0.15, 0.2) is 28.7 Å². The van der Waals surface area contributed by atoms with E-state index in [-0.39, 0.29) is 29.4 Å². The SMILES string of the molecule is CC(=O)N1CCN(C(=O)c2nnc(-c3ccc(F)cc3)o2)CC1. The summed E-state index contributed by atoms with van der Waals surface area (Å²) in [7, 11) is 0. The van der Waals surface area contributed by atoms with Gasteiger partial charge in [-0.25, -0.2) is 4.39 Å². The maximum absolute atomic E-state index is 12.9. The molecule has 7 nitrogen and oxygen atoms in total. The van der Waals surface area contributed by atoms with Crippen LogP contribution in [0, 0.1) is 5.82 Å². The summed E-state index contributed by atoms with van der Waals surface area (Å²) in [5, 5.41) is 7.59. The molecule has 0 bridgehead atoms. The van der Waals surface area contributed by atoms with Crippen molar-refractivity contribution in [3.05, 3.63) is 36.0 Å². The minimum atomic E-state index is -0.368. The summed E-state index contributed by atoms with van der Waals surface area (Å²) >= 11 is 0. The van der Waals surface area contributed by atoms with E-state index in [4.69, 9.17) is 4.42 Å². The average Bonchev–Trinajstić information content (AvgIpc) is 3.05. The second-order valence-corrected chi connectivity index (χ2v) is 5.22. The van der Waals surface area contributed by atoms with Crippen molar-refractivity contribution in [1.82, 2.24) is 20.0 Å². The van der Waals surface area contributed by atoms with E-state index >= 15 is 0 Å². The summed E-state index contributed by atoms with van der Waals surface area (Å²) in [6.07, 6.45) is 0. The molecule has 1 aromatic carbocycles. The van der Waals surface area contributed by atoms with Crippen LogP contribution in [-0.4, -0.2) is 58.0 Å². The Labute approximate surface area is 131 Å². The number of rotatable bonds is 2. The second kappa shape index (κ2) is 6.15. The number of nitrogens with zero attached hydrogens (tertiary/aromatic N) is 4. The molecule has 2 heterocycles. The molecule has 1 aliphatic rings. The Kier molecular flexibility index (Phi) is 4.05. The molecule has 0 aliphatic carbocycles. The van der Waals surface area contributed by atoms with Crippen LogP contribution in [-0.2, 0) is 4.79 Å². The first-order valence-corrected chi connectivity index (χ1v) is 7.19. The predicted octanol–water partition coefficient (Wildman–Crippen LogP) is 1.18. The lowest BCUT2D eigenvalue weighted by atomic mass is 10.2. The van der Waals surface area contributed by atoms with Crippen molar-refractivity contribution < 1.29 is 18.4 Å². The van der Waals surface area contributed by atoms with Gasteiger partial charge in [-0.05, 0) is 24.3 Å². The summed E-state index contributed by atoms with van der Waals surface area (Å²) < 4.78 is 18.3. The maximum Gasteiger partial charge on any atom is 0.311 e. The molecule has 1 aromatic heterocycles. The van der Waals surface area contributed by atoms with Crippen molar-refractivity contribution >= 4 is 11.8 Å². The van der Waals surface area contributed by atoms with Crippen molar-refractivity contribution in [2.75, 3.05) is 26.2 Å². The molecular formula is C15H15FN4O3. The summed E-state index contributed by atoms with van der Waals surface area (Å²) in [6.45, 7) is 3.32. The number of hydrogen-bond donors (Lipinski definition) is 0. The Hall–Kier alpha value is -2.77. The predicted molar refractivity (Wildman–Crippen MR) is 77.8 cm³/mol. The van der Waals surface area contributed by atoms with Crippen LogP contribution in [0.25, 0.3) is 11.5 Å². The molecule has 1 saturated heterocycles. The molecule has 8 heteroatoms. The lowest BCUT2D eigenvalue weighted by molar-refractivity contribution is -0.130. The van der Waals surface area contributed by atoms with Crippen LogP contribution in [0.1, 0.15) is 17.6 Å². The van der Waals surface area contributed by atoms with Crippen LogP contribution in [0.3, 0.4) is 0 Å². The fraction of sp³-hybridized carbons (Fsp3) is 0.333. The minimum absolute atomic E-state index is 0.00603. The molecule has 0 spiro atoms. The third-order valence-electron chi connectivity index (χ3n) is 3.71. The molecule has 2 aromatic rings. The Bertz CT molecular complexity index is 721. The van der Waals surface area contributed by atoms with Crippen LogP contribution in [0.5, 0.6) is 0 Å². The standard InChI is InChI=1S/C15H15FN4O3/c1-10(21)19-6-8-20(9-7-19)15(22)14-18-17-13(23-14)11-2-4-12(16)5-3-11/h2-5H,6-9H2,1H3. The van der Waals surface area contributed by atoms with Crippen molar-refractivity contribution in [1.29, 1.82) is 0 Å². The third-order valence-corrected chi connectivity index (χ3v) is 3.71. The molecule has 1 aliphatic heterocycles. The average molecular weight is 318 g/mol. The summed E-state index contributed by atoms with van der Waals surface area (Å²) in [4.78, 5) is 26.9. The van der Waals surface area contributed by atoms with Gasteiger partial charge in [0.05, 0.1) is 0 Å². The number of piperazine rings is 1. The summed E-state index contributed by atoms with van der Waals surface area (Å²) in [5.74, 6) is -0.688. The molecule has 2 amide bonds. The minimum Gasteiger partial charge on any atom is -0.412 e. The van der Waals surface area contributed by atoms with E-state index in [0.717, 1.165) is 0 Å². The monoisotopic (exact) mass is 318 g/mol. The van der Waals surface area contributed by atoms with Crippen molar-refractivity contribution in [2.24, 2.45) is 0 Å². The number of amides is 2. The van der Waals surface area contributed by atoms with Crippen molar-refractivity contribution in [3.8, 4) is 11.5 Å². The molecular weight excluding hydrogens is 303 g/mol. The lowest BCUT2D eigenvalue weighted by Crippen LogP contribution is -2.50. The highest BCUT2D eigenvalue weighted by Crippen LogP contribution is 2.19. The number of hydrogen-bond acceptors (Lipinski definition) is 5. The highest BCUT2D eigenvalue weighted by atomic mass is 19.1. The van der Waals surface area contributed by atoms with E-state index in [1.165, 1.54) is 31.2 Å². The van der Waals surface area contributed by atoms with E-state index in [1.54, 1.807) is 9.80 Å². The van der Waals surface area contributed by atoms with Gasteiger partial charge in [0.25, 0.3) is 0 Å². The molecule has 1 fully saturated rings. The normalized spacial score (nSPS) is 14.9. The van der Waals surface area contributed by atoms with Gasteiger partial charge in [0, 0.05) is 38.7 Å². The molecule has 0 N–H and O–H groups in total. The quantitative estimate of drug-likeness (QED) is 0.831. The molecule has 0 unspecified atom stereocenters. The Morgan fingerprint density at radius 3 is 2.26 bits per heavy atom.